The van der Waals surface area contributed by atoms with Gasteiger partial charge in [-0.2, -0.15) is 0 Å². The van der Waals surface area contributed by atoms with Gasteiger partial charge in [0.2, 0.25) is 10.0 Å². The number of carbonyl (C=O) groups is 1. The van der Waals surface area contributed by atoms with E-state index in [9.17, 15) is 13.2 Å². The smallest absolute Gasteiger partial charge is 0.258 e. The number of carbonyl (C=O) groups excluding carboxylic acids is 1. The van der Waals surface area contributed by atoms with Crippen LogP contribution in [0.2, 0.25) is 0 Å². The third-order valence-corrected chi connectivity index (χ3v) is 6.16. The van der Waals surface area contributed by atoms with Gasteiger partial charge in [0.1, 0.15) is 0 Å². The lowest BCUT2D eigenvalue weighted by Gasteiger charge is -2.30. The lowest BCUT2D eigenvalue weighted by Crippen LogP contribution is -2.40. The van der Waals surface area contributed by atoms with Gasteiger partial charge in [0.25, 0.3) is 5.91 Å². The second kappa shape index (κ2) is 8.11. The average molecular weight is 424 g/mol. The Morgan fingerprint density at radius 3 is 2.36 bits per heavy atom. The summed E-state index contributed by atoms with van der Waals surface area (Å²) in [6, 6.07) is 11.6. The van der Waals surface area contributed by atoms with Gasteiger partial charge in [0.05, 0.1) is 4.90 Å². The molecule has 0 atom stereocenters. The maximum absolute atomic E-state index is 13.0. The maximum atomic E-state index is 13.0. The molecule has 8 heteroatoms. The van der Waals surface area contributed by atoms with Crippen LogP contribution in [-0.2, 0) is 16.4 Å². The molecule has 1 aliphatic heterocycles. The molecule has 3 N–H and O–H groups in total. The van der Waals surface area contributed by atoms with Crippen molar-refractivity contribution in [3.05, 3.63) is 53.6 Å². The van der Waals surface area contributed by atoms with Gasteiger partial charge in [-0.15, -0.1) is 12.4 Å². The van der Waals surface area contributed by atoms with Crippen molar-refractivity contribution in [2.24, 2.45) is 0 Å². The van der Waals surface area contributed by atoms with Crippen LogP contribution in [0, 0.1) is 0 Å². The monoisotopic (exact) mass is 423 g/mol. The highest BCUT2D eigenvalue weighted by Crippen LogP contribution is 2.32. The van der Waals surface area contributed by atoms with Gasteiger partial charge in [-0.25, -0.2) is 13.1 Å². The lowest BCUT2D eigenvalue weighted by molar-refractivity contribution is 0.0985. The zero-order valence-electron chi connectivity index (χ0n) is 16.2. The van der Waals surface area contributed by atoms with Crippen molar-refractivity contribution in [2.75, 3.05) is 17.2 Å². The van der Waals surface area contributed by atoms with Crippen molar-refractivity contribution in [1.82, 2.24) is 4.72 Å². The second-order valence-corrected chi connectivity index (χ2v) is 9.47. The van der Waals surface area contributed by atoms with Gasteiger partial charge >= 0.3 is 0 Å². The quantitative estimate of drug-likeness (QED) is 0.740. The number of nitrogens with zero attached hydrogens (tertiary/aromatic N) is 1. The van der Waals surface area contributed by atoms with Crippen molar-refractivity contribution in [1.29, 1.82) is 0 Å². The van der Waals surface area contributed by atoms with Crippen molar-refractivity contribution in [3.63, 3.8) is 0 Å². The summed E-state index contributed by atoms with van der Waals surface area (Å²) in [6.45, 7) is 5.95. The lowest BCUT2D eigenvalue weighted by atomic mass is 9.99. The summed E-state index contributed by atoms with van der Waals surface area (Å²) in [4.78, 5) is 14.8. The molecule has 0 radical (unpaired) electrons. The van der Waals surface area contributed by atoms with Crippen molar-refractivity contribution < 1.29 is 13.2 Å². The molecule has 1 aliphatic rings. The topological polar surface area (TPSA) is 92.5 Å². The number of anilines is 2. The van der Waals surface area contributed by atoms with E-state index in [0.717, 1.165) is 24.1 Å². The summed E-state index contributed by atoms with van der Waals surface area (Å²) >= 11 is 0. The fraction of sp³-hybridized carbons (Fsp3) is 0.350. The average Bonchev–Trinajstić information content (AvgIpc) is 2.59. The minimum atomic E-state index is -3.63. The van der Waals surface area contributed by atoms with Crippen LogP contribution >= 0.6 is 12.4 Å². The number of halogens is 1. The summed E-state index contributed by atoms with van der Waals surface area (Å²) in [7, 11) is -3.63. The van der Waals surface area contributed by atoms with E-state index in [4.69, 9.17) is 5.73 Å². The Bertz CT molecular complexity index is 967. The Labute approximate surface area is 172 Å². The normalized spacial score (nSPS) is 14.2. The van der Waals surface area contributed by atoms with E-state index in [-0.39, 0.29) is 23.2 Å². The summed E-state index contributed by atoms with van der Waals surface area (Å²) in [5, 5.41) is 0. The number of sulfonamides is 1. The zero-order chi connectivity index (χ0) is 19.8. The van der Waals surface area contributed by atoms with E-state index in [1.54, 1.807) is 37.8 Å². The fourth-order valence-electron chi connectivity index (χ4n) is 3.26. The van der Waals surface area contributed by atoms with Crippen molar-refractivity contribution in [2.45, 2.75) is 44.0 Å². The first-order chi connectivity index (χ1) is 12.6. The van der Waals surface area contributed by atoms with Crippen molar-refractivity contribution >= 4 is 39.7 Å². The van der Waals surface area contributed by atoms with Gasteiger partial charge in [0, 0.05) is 29.0 Å². The highest BCUT2D eigenvalue weighted by Gasteiger charge is 2.26. The van der Waals surface area contributed by atoms with Gasteiger partial charge < -0.3 is 10.6 Å². The van der Waals surface area contributed by atoms with E-state index >= 15 is 0 Å². The molecule has 28 heavy (non-hydrogen) atoms. The molecule has 0 saturated carbocycles. The molecule has 0 spiro atoms. The Hall–Kier alpha value is -2.09. The van der Waals surface area contributed by atoms with Crippen LogP contribution in [0.1, 0.15) is 43.1 Å². The van der Waals surface area contributed by atoms with Crippen LogP contribution in [-0.4, -0.2) is 26.4 Å². The molecule has 6 nitrogen and oxygen atoms in total. The molecule has 1 amide bonds. The molecule has 1 heterocycles. The summed E-state index contributed by atoms with van der Waals surface area (Å²) in [5.74, 6) is -0.158. The highest BCUT2D eigenvalue weighted by molar-refractivity contribution is 7.89. The second-order valence-electron chi connectivity index (χ2n) is 7.79. The standard InChI is InChI=1S/C20H25N3O3S.ClH/c1-20(2,3)22-27(25,26)15-11-9-14(10-12-15)19(24)23-13-5-6-16-17(21)7-4-8-18(16)23;/h4,7-12,22H,5-6,13,21H2,1-3H3;1H. The molecule has 2 aromatic carbocycles. The minimum Gasteiger partial charge on any atom is -0.398 e. The molecule has 3 rings (SSSR count). The van der Waals surface area contributed by atoms with E-state index in [1.165, 1.54) is 12.1 Å². The predicted octanol–water partition coefficient (Wildman–Crippen LogP) is 3.36. The Morgan fingerprint density at radius 2 is 1.75 bits per heavy atom. The van der Waals surface area contributed by atoms with Crippen LogP contribution in [0.3, 0.4) is 0 Å². The van der Waals surface area contributed by atoms with E-state index < -0.39 is 15.6 Å². The molecule has 0 aromatic heterocycles. The maximum Gasteiger partial charge on any atom is 0.258 e. The SMILES string of the molecule is CC(C)(C)NS(=O)(=O)c1ccc(C(=O)N2CCCc3c(N)cccc32)cc1.Cl. The number of nitrogens with two attached hydrogens (primary N) is 1. The van der Waals surface area contributed by atoms with E-state index in [2.05, 4.69) is 4.72 Å². The number of nitrogens with one attached hydrogen (secondary N) is 1. The predicted molar refractivity (Wildman–Crippen MR) is 115 cm³/mol. The third-order valence-electron chi connectivity index (χ3n) is 4.38. The molecule has 0 aliphatic carbocycles. The number of fused-ring (bicyclic) bond motifs is 1. The molecule has 0 saturated heterocycles. The van der Waals surface area contributed by atoms with E-state index in [1.807, 2.05) is 18.2 Å². The first-order valence-electron chi connectivity index (χ1n) is 8.92. The summed E-state index contributed by atoms with van der Waals surface area (Å²) < 4.78 is 27.4. The van der Waals surface area contributed by atoms with Gasteiger partial charge in [-0.3, -0.25) is 4.79 Å². The van der Waals surface area contributed by atoms with Crippen LogP contribution < -0.4 is 15.4 Å². The first-order valence-corrected chi connectivity index (χ1v) is 10.4. The van der Waals surface area contributed by atoms with Gasteiger partial charge in [-0.05, 0) is 75.6 Å². The van der Waals surface area contributed by atoms with Crippen LogP contribution in [0.15, 0.2) is 47.4 Å². The number of rotatable bonds is 3. The minimum absolute atomic E-state index is 0. The molecule has 152 valence electrons. The highest BCUT2D eigenvalue weighted by atomic mass is 35.5. The van der Waals surface area contributed by atoms with Gasteiger partial charge in [0.15, 0.2) is 0 Å². The van der Waals surface area contributed by atoms with Gasteiger partial charge in [-0.1, -0.05) is 6.07 Å². The molecule has 0 bridgehead atoms. The van der Waals surface area contributed by atoms with Crippen LogP contribution in [0.4, 0.5) is 11.4 Å². The molecular formula is C20H26ClN3O3S. The number of amides is 1. The number of benzene rings is 2. The number of nitrogen functional groups attached to an aromatic ring is 1. The summed E-state index contributed by atoms with van der Waals surface area (Å²) in [5.41, 5.74) is 8.43. The Kier molecular flexibility index (Phi) is 6.43. The zero-order valence-corrected chi connectivity index (χ0v) is 17.9. The summed E-state index contributed by atoms with van der Waals surface area (Å²) in [6.07, 6.45) is 1.69. The van der Waals surface area contributed by atoms with Crippen LogP contribution in [0.5, 0.6) is 0 Å². The largest absolute Gasteiger partial charge is 0.398 e. The Morgan fingerprint density at radius 1 is 1.11 bits per heavy atom. The molecule has 2 aromatic rings. The Balaban J connectivity index is 0.00000280. The fourth-order valence-corrected chi connectivity index (χ4v) is 4.68. The third kappa shape index (κ3) is 4.66. The van der Waals surface area contributed by atoms with Crippen molar-refractivity contribution in [3.8, 4) is 0 Å². The molecule has 0 unspecified atom stereocenters. The van der Waals surface area contributed by atoms with E-state index in [0.29, 0.717) is 17.8 Å². The number of hydrogen-bond acceptors (Lipinski definition) is 4. The molecule has 0 fully saturated rings. The number of hydrogen-bond donors (Lipinski definition) is 2. The molecular weight excluding hydrogens is 398 g/mol. The van der Waals surface area contributed by atoms with Crippen LogP contribution in [0.25, 0.3) is 0 Å². The first kappa shape index (κ1) is 22.2.